The van der Waals surface area contributed by atoms with E-state index in [0.717, 1.165) is 27.9 Å². The molecule has 0 bridgehead atoms. The second kappa shape index (κ2) is 11.3. The number of rotatable bonds is 9. The van der Waals surface area contributed by atoms with Crippen molar-refractivity contribution in [1.29, 1.82) is 0 Å². The summed E-state index contributed by atoms with van der Waals surface area (Å²) < 4.78 is 10.6. The molecule has 0 aliphatic carbocycles. The fourth-order valence-electron chi connectivity index (χ4n) is 4.62. The Bertz CT molecular complexity index is 1090. The molecule has 3 amide bonds. The Morgan fingerprint density at radius 2 is 1.71 bits per heavy atom. The van der Waals surface area contributed by atoms with E-state index in [9.17, 15) is 14.4 Å². The molecule has 0 spiro atoms. The minimum absolute atomic E-state index is 0.0485. The number of amides is 3. The standard InChI is InChI=1S/C27H35N3O5/c1-17-11-18(2)26(19(3)12-17)28-24(31)16-29(4)27(33)21-14-25(32)30(15-21)10-9-20-7-8-22(34-5)23(13-20)35-6/h7-8,11-13,21H,9-10,14-16H2,1-6H3,(H,28,31). The van der Waals surface area contributed by atoms with Crippen molar-refractivity contribution in [2.24, 2.45) is 5.92 Å². The molecule has 8 nitrogen and oxygen atoms in total. The Morgan fingerprint density at radius 3 is 2.34 bits per heavy atom. The van der Waals surface area contributed by atoms with Crippen molar-refractivity contribution in [3.63, 3.8) is 0 Å². The van der Waals surface area contributed by atoms with Crippen LogP contribution in [0.4, 0.5) is 5.69 Å². The highest BCUT2D eigenvalue weighted by atomic mass is 16.5. The van der Waals surface area contributed by atoms with Gasteiger partial charge < -0.3 is 24.6 Å². The molecule has 1 unspecified atom stereocenters. The van der Waals surface area contributed by atoms with Crippen LogP contribution in [0.15, 0.2) is 30.3 Å². The fraction of sp³-hybridized carbons (Fsp3) is 0.444. The van der Waals surface area contributed by atoms with Crippen LogP contribution < -0.4 is 14.8 Å². The van der Waals surface area contributed by atoms with E-state index in [1.165, 1.54) is 4.90 Å². The lowest BCUT2D eigenvalue weighted by molar-refractivity contribution is -0.137. The van der Waals surface area contributed by atoms with Gasteiger partial charge in [0.05, 0.1) is 26.7 Å². The molecule has 3 rings (SSSR count). The lowest BCUT2D eigenvalue weighted by Gasteiger charge is -2.22. The van der Waals surface area contributed by atoms with E-state index < -0.39 is 5.92 Å². The number of carbonyl (C=O) groups is 3. The summed E-state index contributed by atoms with van der Waals surface area (Å²) in [6, 6.07) is 9.70. The number of carbonyl (C=O) groups excluding carboxylic acids is 3. The molecular formula is C27H35N3O5. The molecule has 1 fully saturated rings. The van der Waals surface area contributed by atoms with Crippen LogP contribution in [0.1, 0.15) is 28.7 Å². The molecule has 8 heteroatoms. The van der Waals surface area contributed by atoms with E-state index in [-0.39, 0.29) is 30.7 Å². The summed E-state index contributed by atoms with van der Waals surface area (Å²) in [5.74, 6) is 0.340. The van der Waals surface area contributed by atoms with Gasteiger partial charge in [0.2, 0.25) is 17.7 Å². The van der Waals surface area contributed by atoms with Crippen molar-refractivity contribution in [3.05, 3.63) is 52.6 Å². The number of anilines is 1. The van der Waals surface area contributed by atoms with Gasteiger partial charge in [-0.2, -0.15) is 0 Å². The Kier molecular flexibility index (Phi) is 8.38. The number of nitrogens with zero attached hydrogens (tertiary/aromatic N) is 2. The summed E-state index contributed by atoms with van der Waals surface area (Å²) in [7, 11) is 4.78. The second-order valence-corrected chi connectivity index (χ2v) is 9.20. The van der Waals surface area contributed by atoms with Gasteiger partial charge in [-0.3, -0.25) is 14.4 Å². The SMILES string of the molecule is COc1ccc(CCN2CC(C(=O)N(C)CC(=O)Nc3c(C)cc(C)cc3C)CC2=O)cc1OC. The van der Waals surface area contributed by atoms with Gasteiger partial charge in [0.15, 0.2) is 11.5 Å². The van der Waals surface area contributed by atoms with Crippen LogP contribution in [0.5, 0.6) is 11.5 Å². The zero-order valence-electron chi connectivity index (χ0n) is 21.4. The highest BCUT2D eigenvalue weighted by Gasteiger charge is 2.35. The van der Waals surface area contributed by atoms with Crippen LogP contribution in [0, 0.1) is 26.7 Å². The number of likely N-dealkylation sites (tertiary alicyclic amines) is 1. The molecule has 1 atom stereocenters. The lowest BCUT2D eigenvalue weighted by atomic mass is 10.0. The van der Waals surface area contributed by atoms with Crippen LogP contribution in [-0.4, -0.2) is 68.4 Å². The number of hydrogen-bond acceptors (Lipinski definition) is 5. The topological polar surface area (TPSA) is 88.2 Å². The van der Waals surface area contributed by atoms with E-state index >= 15 is 0 Å². The Hall–Kier alpha value is -3.55. The van der Waals surface area contributed by atoms with Gasteiger partial charge in [-0.25, -0.2) is 0 Å². The molecular weight excluding hydrogens is 446 g/mol. The minimum atomic E-state index is -0.450. The van der Waals surface area contributed by atoms with Gasteiger partial charge in [0, 0.05) is 32.2 Å². The quantitative estimate of drug-likeness (QED) is 0.595. The maximum Gasteiger partial charge on any atom is 0.243 e. The summed E-state index contributed by atoms with van der Waals surface area (Å²) in [5.41, 5.74) is 4.89. The van der Waals surface area contributed by atoms with E-state index in [4.69, 9.17) is 9.47 Å². The molecule has 0 radical (unpaired) electrons. The number of ether oxygens (including phenoxy) is 2. The summed E-state index contributed by atoms with van der Waals surface area (Å²) >= 11 is 0. The molecule has 2 aromatic carbocycles. The third-order valence-corrected chi connectivity index (χ3v) is 6.38. The smallest absolute Gasteiger partial charge is 0.243 e. The zero-order chi connectivity index (χ0) is 25.7. The Balaban J connectivity index is 1.54. The number of methoxy groups -OCH3 is 2. The monoisotopic (exact) mass is 481 g/mol. The third-order valence-electron chi connectivity index (χ3n) is 6.38. The van der Waals surface area contributed by atoms with E-state index in [0.29, 0.717) is 31.0 Å². The predicted octanol–water partition coefficient (Wildman–Crippen LogP) is 3.12. The van der Waals surface area contributed by atoms with E-state index in [2.05, 4.69) is 5.32 Å². The predicted molar refractivity (Wildman–Crippen MR) is 135 cm³/mol. The van der Waals surface area contributed by atoms with Crippen LogP contribution in [0.25, 0.3) is 0 Å². The van der Waals surface area contributed by atoms with Gasteiger partial charge in [-0.15, -0.1) is 0 Å². The van der Waals surface area contributed by atoms with Gasteiger partial charge in [-0.05, 0) is 56.0 Å². The summed E-state index contributed by atoms with van der Waals surface area (Å²) in [5, 5.41) is 2.93. The van der Waals surface area contributed by atoms with Crippen LogP contribution in [0.3, 0.4) is 0 Å². The number of likely N-dealkylation sites (N-methyl/N-ethyl adjacent to an activating group) is 1. The highest BCUT2D eigenvalue weighted by molar-refractivity contribution is 5.97. The first kappa shape index (κ1) is 26.1. The summed E-state index contributed by atoms with van der Waals surface area (Å²) in [6.07, 6.45) is 0.799. The molecule has 1 saturated heterocycles. The van der Waals surface area contributed by atoms with Crippen LogP contribution >= 0.6 is 0 Å². The van der Waals surface area contributed by atoms with Gasteiger partial charge in [-0.1, -0.05) is 23.8 Å². The van der Waals surface area contributed by atoms with Crippen molar-refractivity contribution < 1.29 is 23.9 Å². The fourth-order valence-corrected chi connectivity index (χ4v) is 4.62. The number of benzene rings is 2. The first-order valence-electron chi connectivity index (χ1n) is 11.7. The van der Waals surface area contributed by atoms with Crippen LogP contribution in [-0.2, 0) is 20.8 Å². The first-order valence-corrected chi connectivity index (χ1v) is 11.7. The molecule has 35 heavy (non-hydrogen) atoms. The lowest BCUT2D eigenvalue weighted by Crippen LogP contribution is -2.39. The summed E-state index contributed by atoms with van der Waals surface area (Å²) in [6.45, 7) is 6.71. The highest BCUT2D eigenvalue weighted by Crippen LogP contribution is 2.28. The number of hydrogen-bond donors (Lipinski definition) is 1. The average Bonchev–Trinajstić information content (AvgIpc) is 3.19. The maximum absolute atomic E-state index is 13.0. The number of aryl methyl sites for hydroxylation is 3. The zero-order valence-corrected chi connectivity index (χ0v) is 21.4. The van der Waals surface area contributed by atoms with Gasteiger partial charge in [0.1, 0.15) is 0 Å². The van der Waals surface area contributed by atoms with Gasteiger partial charge >= 0.3 is 0 Å². The molecule has 1 aliphatic rings. The second-order valence-electron chi connectivity index (χ2n) is 9.20. The Morgan fingerprint density at radius 1 is 1.06 bits per heavy atom. The molecule has 0 aromatic heterocycles. The molecule has 188 valence electrons. The van der Waals surface area contributed by atoms with Crippen molar-refractivity contribution in [2.45, 2.75) is 33.6 Å². The largest absolute Gasteiger partial charge is 0.493 e. The minimum Gasteiger partial charge on any atom is -0.493 e. The molecule has 1 aliphatic heterocycles. The average molecular weight is 482 g/mol. The van der Waals surface area contributed by atoms with Crippen molar-refractivity contribution in [2.75, 3.05) is 46.2 Å². The van der Waals surface area contributed by atoms with Gasteiger partial charge in [0.25, 0.3) is 0 Å². The third kappa shape index (κ3) is 6.32. The van der Waals surface area contributed by atoms with Crippen molar-refractivity contribution >= 4 is 23.4 Å². The van der Waals surface area contributed by atoms with Crippen LogP contribution in [0.2, 0.25) is 0 Å². The molecule has 2 aromatic rings. The number of nitrogens with one attached hydrogen (secondary N) is 1. The Labute approximate surface area is 207 Å². The first-order chi connectivity index (χ1) is 16.6. The molecule has 1 N–H and O–H groups in total. The normalized spacial score (nSPS) is 15.2. The van der Waals surface area contributed by atoms with E-state index in [1.807, 2.05) is 51.1 Å². The van der Waals surface area contributed by atoms with Crippen molar-refractivity contribution in [1.82, 2.24) is 9.80 Å². The molecule has 1 heterocycles. The summed E-state index contributed by atoms with van der Waals surface area (Å²) in [4.78, 5) is 41.3. The molecule has 0 saturated carbocycles. The van der Waals surface area contributed by atoms with E-state index in [1.54, 1.807) is 26.2 Å². The maximum atomic E-state index is 13.0. The van der Waals surface area contributed by atoms with Crippen molar-refractivity contribution in [3.8, 4) is 11.5 Å².